The highest BCUT2D eigenvalue weighted by Crippen LogP contribution is 2.36. The first-order valence-electron chi connectivity index (χ1n) is 8.91. The Hall–Kier alpha value is -1.84. The van der Waals surface area contributed by atoms with Crippen LogP contribution in [0.2, 0.25) is 10.0 Å². The number of carbonyl (C=O) groups excluding carboxylic acids is 2. The molecule has 0 saturated heterocycles. The lowest BCUT2D eigenvalue weighted by atomic mass is 10.3. The molecule has 0 unspecified atom stereocenters. The zero-order chi connectivity index (χ0) is 20.1. The molecule has 2 amide bonds. The van der Waals surface area contributed by atoms with E-state index in [9.17, 15) is 9.59 Å². The third-order valence-electron chi connectivity index (χ3n) is 4.07. The molecule has 1 aromatic heterocycles. The van der Waals surface area contributed by atoms with E-state index < -0.39 is 0 Å². The van der Waals surface area contributed by atoms with Crippen molar-refractivity contribution in [3.8, 4) is 0 Å². The highest BCUT2D eigenvalue weighted by atomic mass is 35.5. The molecule has 0 bridgehead atoms. The largest absolute Gasteiger partial charge is 0.333 e. The molecule has 1 N–H and O–H groups in total. The molecule has 1 fully saturated rings. The van der Waals surface area contributed by atoms with E-state index in [0.29, 0.717) is 33.5 Å². The minimum absolute atomic E-state index is 0.0558. The average molecular weight is 443 g/mol. The molecule has 0 aliphatic heterocycles. The van der Waals surface area contributed by atoms with Crippen LogP contribution in [-0.2, 0) is 9.59 Å². The first-order valence-corrected chi connectivity index (χ1v) is 10.7. The van der Waals surface area contributed by atoms with Gasteiger partial charge >= 0.3 is 0 Å². The molecule has 0 radical (unpaired) electrons. The normalized spacial score (nSPS) is 13.4. The number of hydrogen-bond donors (Lipinski definition) is 1. The smallest absolute Gasteiger partial charge is 0.244 e. The van der Waals surface area contributed by atoms with Crippen LogP contribution in [0.3, 0.4) is 0 Å². The number of aromatic nitrogens is 4. The Bertz CT molecular complexity index is 858. The summed E-state index contributed by atoms with van der Waals surface area (Å²) in [4.78, 5) is 26.5. The van der Waals surface area contributed by atoms with E-state index in [2.05, 4.69) is 20.8 Å². The summed E-state index contributed by atoms with van der Waals surface area (Å²) >= 11 is 13.2. The van der Waals surface area contributed by atoms with E-state index in [1.807, 2.05) is 6.92 Å². The zero-order valence-corrected chi connectivity index (χ0v) is 17.6. The van der Waals surface area contributed by atoms with Gasteiger partial charge in [0.05, 0.1) is 29.0 Å². The lowest BCUT2D eigenvalue weighted by Gasteiger charge is -2.21. The monoisotopic (exact) mass is 442 g/mol. The first-order chi connectivity index (χ1) is 13.5. The van der Waals surface area contributed by atoms with E-state index >= 15 is 0 Å². The van der Waals surface area contributed by atoms with Gasteiger partial charge < -0.3 is 10.2 Å². The van der Waals surface area contributed by atoms with Gasteiger partial charge in [-0.2, -0.15) is 0 Å². The maximum atomic E-state index is 12.6. The maximum Gasteiger partial charge on any atom is 0.244 e. The van der Waals surface area contributed by atoms with Crippen LogP contribution < -0.4 is 5.32 Å². The number of tetrazole rings is 1. The minimum atomic E-state index is -0.321. The van der Waals surface area contributed by atoms with Gasteiger partial charge in [0.1, 0.15) is 0 Å². The Kier molecular flexibility index (Phi) is 7.14. The molecule has 2 aromatic rings. The summed E-state index contributed by atoms with van der Waals surface area (Å²) in [6.45, 7) is 2.38. The van der Waals surface area contributed by atoms with Gasteiger partial charge in [-0.15, -0.1) is 5.10 Å². The molecule has 8 nitrogen and oxygen atoms in total. The Balaban J connectivity index is 1.56. The number of anilines is 1. The number of thioether (sulfide) groups is 1. The van der Waals surface area contributed by atoms with Crippen molar-refractivity contribution in [3.05, 3.63) is 28.2 Å². The van der Waals surface area contributed by atoms with Crippen molar-refractivity contribution in [2.24, 2.45) is 0 Å². The second-order valence-electron chi connectivity index (χ2n) is 6.41. The van der Waals surface area contributed by atoms with Gasteiger partial charge in [-0.1, -0.05) is 41.9 Å². The van der Waals surface area contributed by atoms with Crippen LogP contribution in [0.5, 0.6) is 0 Å². The predicted octanol–water partition coefficient (Wildman–Crippen LogP) is 3.28. The molecule has 11 heteroatoms. The summed E-state index contributed by atoms with van der Waals surface area (Å²) < 4.78 is 1.76. The summed E-state index contributed by atoms with van der Waals surface area (Å²) in [6.07, 6.45) is 2.86. The lowest BCUT2D eigenvalue weighted by Crippen LogP contribution is -2.39. The highest BCUT2D eigenvalue weighted by molar-refractivity contribution is 7.99. The van der Waals surface area contributed by atoms with Crippen LogP contribution in [0.15, 0.2) is 23.4 Å². The van der Waals surface area contributed by atoms with Gasteiger partial charge in [0.2, 0.25) is 17.0 Å². The fourth-order valence-electron chi connectivity index (χ4n) is 2.56. The van der Waals surface area contributed by atoms with Crippen molar-refractivity contribution >= 4 is 52.5 Å². The van der Waals surface area contributed by atoms with Crippen LogP contribution >= 0.6 is 35.0 Å². The Morgan fingerprint density at radius 3 is 2.82 bits per heavy atom. The maximum absolute atomic E-state index is 12.6. The summed E-state index contributed by atoms with van der Waals surface area (Å²) in [7, 11) is 0. The van der Waals surface area contributed by atoms with Gasteiger partial charge in [0, 0.05) is 11.6 Å². The quantitative estimate of drug-likeness (QED) is 0.598. The summed E-state index contributed by atoms with van der Waals surface area (Å²) in [5.74, 6) is -0.296. The van der Waals surface area contributed by atoms with E-state index in [1.165, 1.54) is 16.7 Å². The second kappa shape index (κ2) is 9.58. The molecule has 0 spiro atoms. The molecule has 28 heavy (non-hydrogen) atoms. The molecule has 0 atom stereocenters. The van der Waals surface area contributed by atoms with E-state index in [1.54, 1.807) is 22.9 Å². The van der Waals surface area contributed by atoms with Crippen molar-refractivity contribution in [1.82, 2.24) is 25.1 Å². The number of benzene rings is 1. The van der Waals surface area contributed by atoms with Crippen molar-refractivity contribution in [2.75, 3.05) is 24.2 Å². The molecule has 1 heterocycles. The Morgan fingerprint density at radius 1 is 1.36 bits per heavy atom. The fraction of sp³-hybridized carbons (Fsp3) is 0.471. The third kappa shape index (κ3) is 5.59. The SMILES string of the molecule is CCCN(CC(=O)Nc1ccc(Cl)cc1Cl)C(=O)CSc1nnnn1C1CC1. The van der Waals surface area contributed by atoms with Gasteiger partial charge in [0.15, 0.2) is 0 Å². The minimum Gasteiger partial charge on any atom is -0.333 e. The summed E-state index contributed by atoms with van der Waals surface area (Å²) in [5, 5.41) is 15.8. The van der Waals surface area contributed by atoms with Crippen molar-refractivity contribution < 1.29 is 9.59 Å². The summed E-state index contributed by atoms with van der Waals surface area (Å²) in [5.41, 5.74) is 0.456. The van der Waals surface area contributed by atoms with E-state index in [4.69, 9.17) is 23.2 Å². The lowest BCUT2D eigenvalue weighted by molar-refractivity contribution is -0.132. The van der Waals surface area contributed by atoms with Crippen molar-refractivity contribution in [1.29, 1.82) is 0 Å². The van der Waals surface area contributed by atoms with Crippen molar-refractivity contribution in [3.63, 3.8) is 0 Å². The first kappa shape index (κ1) is 20.9. The molecule has 1 aliphatic carbocycles. The number of nitrogens with one attached hydrogen (secondary N) is 1. The van der Waals surface area contributed by atoms with E-state index in [0.717, 1.165) is 19.3 Å². The number of nitrogens with zero attached hydrogens (tertiary/aromatic N) is 5. The van der Waals surface area contributed by atoms with Crippen LogP contribution in [0.25, 0.3) is 0 Å². The second-order valence-corrected chi connectivity index (χ2v) is 8.20. The van der Waals surface area contributed by atoms with Gasteiger partial charge in [0.25, 0.3) is 0 Å². The topological polar surface area (TPSA) is 93.0 Å². The highest BCUT2D eigenvalue weighted by Gasteiger charge is 2.28. The van der Waals surface area contributed by atoms with Crippen LogP contribution in [0.4, 0.5) is 5.69 Å². The molecule has 1 saturated carbocycles. The van der Waals surface area contributed by atoms with Gasteiger partial charge in [-0.25, -0.2) is 4.68 Å². The van der Waals surface area contributed by atoms with Crippen LogP contribution in [0.1, 0.15) is 32.2 Å². The molecular formula is C17H20Cl2N6O2S. The van der Waals surface area contributed by atoms with Crippen molar-refractivity contribution in [2.45, 2.75) is 37.4 Å². The average Bonchev–Trinajstić information content (AvgIpc) is 3.39. The number of carbonyl (C=O) groups is 2. The predicted molar refractivity (Wildman–Crippen MR) is 109 cm³/mol. The summed E-state index contributed by atoms with van der Waals surface area (Å²) in [6, 6.07) is 5.16. The standard InChI is InChI=1S/C17H20Cl2N6O2S/c1-2-7-24(9-15(26)20-14-6-3-11(18)8-13(14)19)16(27)10-28-17-21-22-23-25(17)12-4-5-12/h3,6,8,12H,2,4-5,7,9-10H2,1H3,(H,20,26). The number of rotatable bonds is 9. The molecule has 3 rings (SSSR count). The molecule has 1 aromatic carbocycles. The van der Waals surface area contributed by atoms with E-state index in [-0.39, 0.29) is 24.1 Å². The van der Waals surface area contributed by atoms with Crippen LogP contribution in [-0.4, -0.2) is 55.8 Å². The van der Waals surface area contributed by atoms with Gasteiger partial charge in [-0.05, 0) is 47.9 Å². The molecular weight excluding hydrogens is 423 g/mol. The molecule has 150 valence electrons. The number of amides is 2. The third-order valence-corrected chi connectivity index (χ3v) is 5.53. The number of hydrogen-bond acceptors (Lipinski definition) is 6. The van der Waals surface area contributed by atoms with Gasteiger partial charge in [-0.3, -0.25) is 9.59 Å². The van der Waals surface area contributed by atoms with Crippen LogP contribution in [0, 0.1) is 0 Å². The number of halogens is 2. The Labute approximate surface area is 176 Å². The Morgan fingerprint density at radius 2 is 2.14 bits per heavy atom. The zero-order valence-electron chi connectivity index (χ0n) is 15.3. The molecule has 1 aliphatic rings. The fourth-order valence-corrected chi connectivity index (χ4v) is 3.87.